The number of halogens is 3. The van der Waals surface area contributed by atoms with Crippen molar-refractivity contribution in [2.45, 2.75) is 12.3 Å². The number of carbonyl (C=O) groups excluding carboxylic acids is 2. The lowest BCUT2D eigenvalue weighted by Gasteiger charge is -2.34. The number of piperazine rings is 1. The van der Waals surface area contributed by atoms with Crippen LogP contribution < -0.4 is 0 Å². The van der Waals surface area contributed by atoms with Gasteiger partial charge in [0.15, 0.2) is 6.10 Å². The van der Waals surface area contributed by atoms with Gasteiger partial charge in [-0.1, -0.05) is 30.3 Å². The summed E-state index contributed by atoms with van der Waals surface area (Å²) in [5.41, 5.74) is -0.0646. The third kappa shape index (κ3) is 4.66. The summed E-state index contributed by atoms with van der Waals surface area (Å²) in [5, 5.41) is 6.08. The summed E-state index contributed by atoms with van der Waals surface area (Å²) < 4.78 is 44.7. The molecule has 1 aliphatic heterocycles. The highest BCUT2D eigenvalue weighted by atomic mass is 19.4. The van der Waals surface area contributed by atoms with Gasteiger partial charge in [0.2, 0.25) is 11.7 Å². The van der Waals surface area contributed by atoms with Gasteiger partial charge in [0.1, 0.15) is 12.9 Å². The van der Waals surface area contributed by atoms with Crippen molar-refractivity contribution in [3.05, 3.63) is 48.0 Å². The molecular formula is C17H18F3N5O3. The lowest BCUT2D eigenvalue weighted by molar-refractivity contribution is -0.224. The number of ether oxygens (including phenoxy) is 1. The molecule has 0 unspecified atom stereocenters. The van der Waals surface area contributed by atoms with Gasteiger partial charge >= 0.3 is 6.18 Å². The van der Waals surface area contributed by atoms with E-state index in [2.05, 4.69) is 15.2 Å². The summed E-state index contributed by atoms with van der Waals surface area (Å²) in [6.45, 7) is 0.183. The summed E-state index contributed by atoms with van der Waals surface area (Å²) in [5.74, 6) is -0.807. The number of hydrogen-bond donors (Lipinski definition) is 1. The number of hydrogen-bond acceptors (Lipinski definition) is 5. The summed E-state index contributed by atoms with van der Waals surface area (Å²) in [7, 11) is 0. The van der Waals surface area contributed by atoms with Crippen LogP contribution in [-0.2, 0) is 9.53 Å². The van der Waals surface area contributed by atoms with E-state index in [1.165, 1.54) is 40.4 Å². The van der Waals surface area contributed by atoms with Crippen LogP contribution in [-0.4, -0.2) is 75.8 Å². The normalized spacial score (nSPS) is 16.1. The number of benzene rings is 1. The predicted molar refractivity (Wildman–Crippen MR) is 90.1 cm³/mol. The number of H-pyrrole nitrogens is 1. The maximum absolute atomic E-state index is 13.3. The van der Waals surface area contributed by atoms with Crippen molar-refractivity contribution >= 4 is 11.8 Å². The quantitative estimate of drug-likeness (QED) is 0.824. The number of alkyl halides is 3. The van der Waals surface area contributed by atoms with Crippen molar-refractivity contribution in [2.75, 3.05) is 32.8 Å². The molecule has 1 aromatic heterocycles. The third-order valence-electron chi connectivity index (χ3n) is 4.31. The molecule has 0 aliphatic carbocycles. The molecule has 150 valence electrons. The average molecular weight is 397 g/mol. The fourth-order valence-electron chi connectivity index (χ4n) is 2.87. The Bertz CT molecular complexity index is 790. The van der Waals surface area contributed by atoms with E-state index in [1.807, 2.05) is 0 Å². The van der Waals surface area contributed by atoms with Gasteiger partial charge in [-0.05, 0) is 5.56 Å². The zero-order valence-corrected chi connectivity index (χ0v) is 14.7. The molecule has 3 rings (SSSR count). The molecule has 28 heavy (non-hydrogen) atoms. The van der Waals surface area contributed by atoms with Gasteiger partial charge in [-0.3, -0.25) is 14.7 Å². The zero-order chi connectivity index (χ0) is 20.1. The Kier molecular flexibility index (Phi) is 5.93. The Morgan fingerprint density at radius 2 is 1.75 bits per heavy atom. The van der Waals surface area contributed by atoms with Gasteiger partial charge in [-0.15, -0.1) is 0 Å². The first-order chi connectivity index (χ1) is 13.4. The van der Waals surface area contributed by atoms with Crippen LogP contribution in [0, 0.1) is 0 Å². The van der Waals surface area contributed by atoms with Crippen LogP contribution in [0.15, 0.2) is 36.7 Å². The Morgan fingerprint density at radius 3 is 2.32 bits per heavy atom. The van der Waals surface area contributed by atoms with E-state index >= 15 is 0 Å². The molecule has 0 spiro atoms. The standard InChI is InChI=1S/C17H18F3N5O3/c18-17(19,20)14(12-4-2-1-3-5-12)28-10-13(26)24-6-8-25(9-7-24)16(27)15-21-11-22-23-15/h1-5,11,14H,6-10H2,(H,21,22,23)/t14-/m1/s1. The second-order valence-electron chi connectivity index (χ2n) is 6.15. The summed E-state index contributed by atoms with van der Waals surface area (Å²) in [4.78, 5) is 31.1. The van der Waals surface area contributed by atoms with Crippen LogP contribution in [0.4, 0.5) is 13.2 Å². The van der Waals surface area contributed by atoms with Gasteiger partial charge in [0.05, 0.1) is 0 Å². The van der Waals surface area contributed by atoms with E-state index in [9.17, 15) is 22.8 Å². The summed E-state index contributed by atoms with van der Waals surface area (Å²) >= 11 is 0. The van der Waals surface area contributed by atoms with Crippen LogP contribution in [0.1, 0.15) is 22.3 Å². The van der Waals surface area contributed by atoms with E-state index in [0.717, 1.165) is 0 Å². The Balaban J connectivity index is 1.53. The Morgan fingerprint density at radius 1 is 1.11 bits per heavy atom. The van der Waals surface area contributed by atoms with Crippen molar-refractivity contribution in [3.8, 4) is 0 Å². The maximum atomic E-state index is 13.3. The van der Waals surface area contributed by atoms with Crippen molar-refractivity contribution in [1.82, 2.24) is 25.0 Å². The first-order valence-electron chi connectivity index (χ1n) is 8.52. The molecule has 0 radical (unpaired) electrons. The predicted octanol–water partition coefficient (Wildman–Crippen LogP) is 1.41. The number of aromatic amines is 1. The highest BCUT2D eigenvalue weighted by molar-refractivity contribution is 5.90. The number of nitrogens with one attached hydrogen (secondary N) is 1. The molecular weight excluding hydrogens is 379 g/mol. The highest BCUT2D eigenvalue weighted by Gasteiger charge is 2.42. The van der Waals surface area contributed by atoms with Gasteiger partial charge in [0, 0.05) is 26.2 Å². The molecule has 1 N–H and O–H groups in total. The first-order valence-corrected chi connectivity index (χ1v) is 8.52. The molecule has 1 saturated heterocycles. The number of aromatic nitrogens is 3. The van der Waals surface area contributed by atoms with Crippen molar-refractivity contribution in [1.29, 1.82) is 0 Å². The second kappa shape index (κ2) is 8.38. The first kappa shape index (κ1) is 19.8. The Hall–Kier alpha value is -2.95. The van der Waals surface area contributed by atoms with Crippen molar-refractivity contribution in [2.24, 2.45) is 0 Å². The van der Waals surface area contributed by atoms with Gasteiger partial charge in [-0.25, -0.2) is 4.98 Å². The molecule has 1 aromatic carbocycles. The molecule has 2 amide bonds. The van der Waals surface area contributed by atoms with E-state index in [1.54, 1.807) is 6.07 Å². The Labute approximate surface area is 158 Å². The maximum Gasteiger partial charge on any atom is 0.418 e. The molecule has 1 fully saturated rings. The molecule has 8 nitrogen and oxygen atoms in total. The van der Waals surface area contributed by atoms with Crippen molar-refractivity contribution < 1.29 is 27.5 Å². The van der Waals surface area contributed by atoms with Gasteiger partial charge < -0.3 is 14.5 Å². The summed E-state index contributed by atoms with van der Waals surface area (Å²) in [6, 6.07) is 7.16. The van der Waals surface area contributed by atoms with E-state index < -0.39 is 24.8 Å². The average Bonchev–Trinajstić information content (AvgIpc) is 3.22. The lowest BCUT2D eigenvalue weighted by atomic mass is 10.1. The van der Waals surface area contributed by atoms with Crippen LogP contribution in [0.25, 0.3) is 0 Å². The van der Waals surface area contributed by atoms with Gasteiger partial charge in [0.25, 0.3) is 5.91 Å². The molecule has 2 aromatic rings. The zero-order valence-electron chi connectivity index (χ0n) is 14.7. The molecule has 0 bridgehead atoms. The molecule has 0 saturated carbocycles. The number of rotatable bonds is 5. The molecule has 1 atom stereocenters. The second-order valence-corrected chi connectivity index (χ2v) is 6.15. The largest absolute Gasteiger partial charge is 0.418 e. The van der Waals surface area contributed by atoms with Crippen LogP contribution >= 0.6 is 0 Å². The topological polar surface area (TPSA) is 91.4 Å². The van der Waals surface area contributed by atoms with Crippen LogP contribution in [0.5, 0.6) is 0 Å². The lowest BCUT2D eigenvalue weighted by Crippen LogP contribution is -2.51. The van der Waals surface area contributed by atoms with Gasteiger partial charge in [-0.2, -0.15) is 18.3 Å². The number of nitrogens with zero attached hydrogens (tertiary/aromatic N) is 4. The van der Waals surface area contributed by atoms with Crippen molar-refractivity contribution in [3.63, 3.8) is 0 Å². The molecule has 1 aliphatic rings. The molecule has 2 heterocycles. The summed E-state index contributed by atoms with van der Waals surface area (Å²) in [6.07, 6.45) is -5.59. The minimum Gasteiger partial charge on any atom is -0.354 e. The minimum atomic E-state index is -4.64. The fraction of sp³-hybridized carbons (Fsp3) is 0.412. The monoisotopic (exact) mass is 397 g/mol. The number of amides is 2. The van der Waals surface area contributed by atoms with Crippen LogP contribution in [0.2, 0.25) is 0 Å². The van der Waals surface area contributed by atoms with Crippen LogP contribution in [0.3, 0.4) is 0 Å². The SMILES string of the molecule is O=C(CO[C@H](c1ccccc1)C(F)(F)F)N1CCN(C(=O)c2ncn[nH]2)CC1. The number of carbonyl (C=O) groups is 2. The van der Waals surface area contributed by atoms with E-state index in [-0.39, 0.29) is 43.5 Å². The minimum absolute atomic E-state index is 0.0646. The third-order valence-corrected chi connectivity index (χ3v) is 4.31. The van der Waals surface area contributed by atoms with E-state index in [0.29, 0.717) is 0 Å². The molecule has 11 heteroatoms. The smallest absolute Gasteiger partial charge is 0.354 e. The highest BCUT2D eigenvalue weighted by Crippen LogP contribution is 2.35. The fourth-order valence-corrected chi connectivity index (χ4v) is 2.87. The van der Waals surface area contributed by atoms with E-state index in [4.69, 9.17) is 4.74 Å².